The summed E-state index contributed by atoms with van der Waals surface area (Å²) in [6.45, 7) is 1.23. The Hall–Kier alpha value is -0.820. The lowest BCUT2D eigenvalue weighted by atomic mass is 9.97. The first kappa shape index (κ1) is 13.2. The molecule has 104 valence electrons. The Labute approximate surface area is 117 Å². The van der Waals surface area contributed by atoms with Crippen LogP contribution in [0.1, 0.15) is 62.8 Å². The molecule has 0 bridgehead atoms. The van der Waals surface area contributed by atoms with Crippen LogP contribution in [0.15, 0.2) is 30.3 Å². The number of rotatable bonds is 5. The maximum absolute atomic E-state index is 3.77. The van der Waals surface area contributed by atoms with Crippen molar-refractivity contribution in [1.82, 2.24) is 5.32 Å². The van der Waals surface area contributed by atoms with Gasteiger partial charge >= 0.3 is 0 Å². The van der Waals surface area contributed by atoms with Crippen LogP contribution in [-0.4, -0.2) is 12.6 Å². The average Bonchev–Trinajstić information content (AvgIpc) is 3.24. The molecule has 0 saturated heterocycles. The van der Waals surface area contributed by atoms with Gasteiger partial charge in [-0.05, 0) is 30.9 Å². The Morgan fingerprint density at radius 2 is 1.68 bits per heavy atom. The highest BCUT2D eigenvalue weighted by Gasteiger charge is 2.37. The fraction of sp³-hybridized carbons (Fsp3) is 0.667. The first-order valence-corrected chi connectivity index (χ1v) is 8.22. The van der Waals surface area contributed by atoms with Gasteiger partial charge in [0, 0.05) is 12.0 Å². The van der Waals surface area contributed by atoms with E-state index in [1.807, 2.05) is 0 Å². The lowest BCUT2D eigenvalue weighted by molar-refractivity contribution is 0.413. The third kappa shape index (κ3) is 3.82. The molecular formula is C18H27N. The van der Waals surface area contributed by atoms with Crippen molar-refractivity contribution >= 4 is 0 Å². The van der Waals surface area contributed by atoms with E-state index in [0.29, 0.717) is 0 Å². The second-order valence-electron chi connectivity index (χ2n) is 6.46. The predicted molar refractivity (Wildman–Crippen MR) is 81.4 cm³/mol. The molecule has 0 unspecified atom stereocenters. The predicted octanol–water partition coefficient (Wildman–Crippen LogP) is 4.49. The van der Waals surface area contributed by atoms with Crippen molar-refractivity contribution in [3.05, 3.63) is 35.9 Å². The largest absolute Gasteiger partial charge is 0.313 e. The molecule has 1 nitrogen and oxygen atoms in total. The summed E-state index contributed by atoms with van der Waals surface area (Å²) >= 11 is 0. The maximum atomic E-state index is 3.77. The number of hydrogen-bond donors (Lipinski definition) is 1. The molecule has 0 spiro atoms. The highest BCUT2D eigenvalue weighted by molar-refractivity contribution is 5.27. The molecule has 0 aromatic heterocycles. The Bertz CT molecular complexity index is 365. The molecule has 19 heavy (non-hydrogen) atoms. The van der Waals surface area contributed by atoms with Gasteiger partial charge in [-0.1, -0.05) is 68.9 Å². The van der Waals surface area contributed by atoms with Gasteiger partial charge in [0.1, 0.15) is 0 Å². The number of nitrogens with one attached hydrogen (secondary N) is 1. The maximum Gasteiger partial charge on any atom is 0.0143 e. The van der Waals surface area contributed by atoms with E-state index in [-0.39, 0.29) is 0 Å². The Morgan fingerprint density at radius 1 is 0.947 bits per heavy atom. The molecule has 1 heteroatoms. The molecule has 1 N–H and O–H groups in total. The van der Waals surface area contributed by atoms with Crippen molar-refractivity contribution in [3.63, 3.8) is 0 Å². The zero-order valence-corrected chi connectivity index (χ0v) is 12.0. The van der Waals surface area contributed by atoms with Crippen LogP contribution in [0.25, 0.3) is 0 Å². The summed E-state index contributed by atoms with van der Waals surface area (Å²) in [5.74, 6) is 1.79. The Morgan fingerprint density at radius 3 is 2.42 bits per heavy atom. The van der Waals surface area contributed by atoms with E-state index in [1.54, 1.807) is 0 Å². The smallest absolute Gasteiger partial charge is 0.0143 e. The Balaban J connectivity index is 1.35. The summed E-state index contributed by atoms with van der Waals surface area (Å²) in [5, 5.41) is 3.77. The molecular weight excluding hydrogens is 230 g/mol. The molecule has 2 aliphatic carbocycles. The van der Waals surface area contributed by atoms with Crippen LogP contribution in [-0.2, 0) is 0 Å². The molecule has 2 aliphatic rings. The molecule has 0 amide bonds. The fourth-order valence-electron chi connectivity index (χ4n) is 3.61. The summed E-state index contributed by atoms with van der Waals surface area (Å²) in [5.41, 5.74) is 1.52. The first-order valence-electron chi connectivity index (χ1n) is 8.22. The van der Waals surface area contributed by atoms with Crippen LogP contribution in [0, 0.1) is 5.92 Å². The summed E-state index contributed by atoms with van der Waals surface area (Å²) < 4.78 is 0. The van der Waals surface area contributed by atoms with Gasteiger partial charge in [-0.25, -0.2) is 0 Å². The van der Waals surface area contributed by atoms with Gasteiger partial charge in [-0.2, -0.15) is 0 Å². The van der Waals surface area contributed by atoms with Crippen molar-refractivity contribution < 1.29 is 0 Å². The van der Waals surface area contributed by atoms with Gasteiger partial charge in [0.15, 0.2) is 0 Å². The van der Waals surface area contributed by atoms with E-state index in [0.717, 1.165) is 17.9 Å². The molecule has 1 aromatic carbocycles. The fourth-order valence-corrected chi connectivity index (χ4v) is 3.61. The third-order valence-electron chi connectivity index (χ3n) is 4.95. The van der Waals surface area contributed by atoms with Gasteiger partial charge < -0.3 is 5.32 Å². The lowest BCUT2D eigenvalue weighted by Gasteiger charge is -2.14. The quantitative estimate of drug-likeness (QED) is 0.766. The van der Waals surface area contributed by atoms with Crippen molar-refractivity contribution in [2.45, 2.75) is 63.3 Å². The molecule has 0 radical (unpaired) electrons. The van der Waals surface area contributed by atoms with Gasteiger partial charge in [0.05, 0.1) is 0 Å². The zero-order chi connectivity index (χ0) is 12.9. The minimum Gasteiger partial charge on any atom is -0.313 e. The molecule has 3 rings (SSSR count). The van der Waals surface area contributed by atoms with Gasteiger partial charge in [0.2, 0.25) is 0 Å². The molecule has 1 aromatic rings. The van der Waals surface area contributed by atoms with Gasteiger partial charge in [0.25, 0.3) is 0 Å². The van der Waals surface area contributed by atoms with Crippen molar-refractivity contribution in [2.24, 2.45) is 5.92 Å². The molecule has 2 saturated carbocycles. The van der Waals surface area contributed by atoms with Crippen molar-refractivity contribution in [1.29, 1.82) is 0 Å². The highest BCUT2D eigenvalue weighted by atomic mass is 15.0. The zero-order valence-electron chi connectivity index (χ0n) is 12.0. The number of benzene rings is 1. The van der Waals surface area contributed by atoms with Crippen molar-refractivity contribution in [2.75, 3.05) is 6.54 Å². The molecule has 2 atom stereocenters. The first-order chi connectivity index (χ1) is 9.43. The van der Waals surface area contributed by atoms with Crippen LogP contribution in [0.5, 0.6) is 0 Å². The highest BCUT2D eigenvalue weighted by Crippen LogP contribution is 2.40. The van der Waals surface area contributed by atoms with E-state index in [1.165, 1.54) is 63.5 Å². The minimum atomic E-state index is 0.758. The van der Waals surface area contributed by atoms with E-state index in [2.05, 4.69) is 35.6 Å². The van der Waals surface area contributed by atoms with Crippen LogP contribution in [0.4, 0.5) is 0 Å². The van der Waals surface area contributed by atoms with Crippen LogP contribution < -0.4 is 5.32 Å². The minimum absolute atomic E-state index is 0.758. The monoisotopic (exact) mass is 257 g/mol. The van der Waals surface area contributed by atoms with Gasteiger partial charge in [-0.3, -0.25) is 0 Å². The SMILES string of the molecule is c1ccc([C@@H]2C[C@H]2NCCC2CCCCCC2)cc1. The van der Waals surface area contributed by atoms with E-state index in [4.69, 9.17) is 0 Å². The van der Waals surface area contributed by atoms with E-state index in [9.17, 15) is 0 Å². The normalized spacial score (nSPS) is 28.0. The van der Waals surface area contributed by atoms with Crippen molar-refractivity contribution in [3.8, 4) is 0 Å². The van der Waals surface area contributed by atoms with Crippen LogP contribution in [0.2, 0.25) is 0 Å². The summed E-state index contributed by atoms with van der Waals surface area (Å²) in [4.78, 5) is 0. The van der Waals surface area contributed by atoms with Crippen LogP contribution in [0.3, 0.4) is 0 Å². The molecule has 2 fully saturated rings. The Kier molecular flexibility index (Phi) is 4.55. The second kappa shape index (κ2) is 6.56. The second-order valence-corrected chi connectivity index (χ2v) is 6.46. The summed E-state index contributed by atoms with van der Waals surface area (Å²) in [7, 11) is 0. The molecule has 0 aliphatic heterocycles. The standard InChI is InChI=1S/C18H27N/c1-2-5-9-15(8-4-1)12-13-19-18-14-17(18)16-10-6-3-7-11-16/h3,6-7,10-11,15,17-19H,1-2,4-5,8-9,12-14H2/t17-,18+/m0/s1. The average molecular weight is 257 g/mol. The lowest BCUT2D eigenvalue weighted by Crippen LogP contribution is -2.21. The molecule has 0 heterocycles. The third-order valence-corrected chi connectivity index (χ3v) is 4.95. The topological polar surface area (TPSA) is 12.0 Å². The number of hydrogen-bond acceptors (Lipinski definition) is 1. The van der Waals surface area contributed by atoms with Crippen LogP contribution >= 0.6 is 0 Å². The van der Waals surface area contributed by atoms with E-state index < -0.39 is 0 Å². The van der Waals surface area contributed by atoms with Gasteiger partial charge in [-0.15, -0.1) is 0 Å². The summed E-state index contributed by atoms with van der Waals surface area (Å²) in [6.07, 6.45) is 11.6. The van der Waals surface area contributed by atoms with E-state index >= 15 is 0 Å². The summed E-state index contributed by atoms with van der Waals surface area (Å²) in [6, 6.07) is 11.7.